The van der Waals surface area contributed by atoms with Crippen LogP contribution in [0.2, 0.25) is 0 Å². The summed E-state index contributed by atoms with van der Waals surface area (Å²) < 4.78 is 8.02. The van der Waals surface area contributed by atoms with Gasteiger partial charge in [-0.15, -0.1) is 0 Å². The highest BCUT2D eigenvalue weighted by Gasteiger charge is 2.18. The molecule has 9 heteroatoms. The van der Waals surface area contributed by atoms with Crippen LogP contribution in [0.15, 0.2) is 45.8 Å². The molecule has 29 heavy (non-hydrogen) atoms. The quantitative estimate of drug-likeness (QED) is 0.506. The number of fused-ring (bicyclic) bond motifs is 2. The average Bonchev–Trinajstić information content (AvgIpc) is 3.12. The third-order valence-electron chi connectivity index (χ3n) is 4.67. The van der Waals surface area contributed by atoms with Crippen LogP contribution in [-0.4, -0.2) is 25.0 Å². The van der Waals surface area contributed by atoms with E-state index < -0.39 is 5.91 Å². The molecule has 0 saturated heterocycles. The highest BCUT2D eigenvalue weighted by molar-refractivity contribution is 6.05. The lowest BCUT2D eigenvalue weighted by atomic mass is 10.2. The van der Waals surface area contributed by atoms with Gasteiger partial charge in [0.05, 0.1) is 10.9 Å². The Morgan fingerprint density at radius 1 is 1.31 bits per heavy atom. The second kappa shape index (κ2) is 7.34. The van der Waals surface area contributed by atoms with Crippen molar-refractivity contribution in [2.45, 2.75) is 33.2 Å². The van der Waals surface area contributed by atoms with E-state index in [-0.39, 0.29) is 27.8 Å². The van der Waals surface area contributed by atoms with E-state index in [1.807, 2.05) is 6.92 Å². The molecule has 0 saturated carbocycles. The van der Waals surface area contributed by atoms with Crippen LogP contribution in [0.4, 0.5) is 5.82 Å². The van der Waals surface area contributed by atoms with Crippen molar-refractivity contribution in [3.63, 3.8) is 0 Å². The van der Waals surface area contributed by atoms with Gasteiger partial charge in [0, 0.05) is 18.8 Å². The summed E-state index contributed by atoms with van der Waals surface area (Å²) >= 11 is 0. The van der Waals surface area contributed by atoms with Crippen LogP contribution in [0.3, 0.4) is 0 Å². The topological polar surface area (TPSA) is 118 Å². The number of aryl methyl sites for hydroxylation is 2. The molecule has 4 rings (SSSR count). The molecular weight excluding hydrogens is 372 g/mol. The molecule has 0 atom stereocenters. The number of unbranched alkanes of at least 4 members (excludes halogenated alkanes) is 1. The molecule has 0 bridgehead atoms. The standard InChI is InChI=1S/C20H20N6O3/c1-3-4-8-26-17(21)13(19(27)22-15-10-12(2)29-24-15)11-14-18(26)23-16-7-5-6-9-25(16)20(14)28/h5-7,9-11,21H,3-4,8H2,1-2H3,(H,22,24,27). The first-order chi connectivity index (χ1) is 14.0. The molecular formula is C20H20N6O3. The molecule has 4 aromatic heterocycles. The van der Waals surface area contributed by atoms with Gasteiger partial charge in [-0.25, -0.2) is 4.98 Å². The molecule has 0 aliphatic carbocycles. The third kappa shape index (κ3) is 3.31. The molecule has 4 heterocycles. The summed E-state index contributed by atoms with van der Waals surface area (Å²) in [6.45, 7) is 4.23. The molecule has 9 nitrogen and oxygen atoms in total. The fourth-order valence-electron chi connectivity index (χ4n) is 3.20. The van der Waals surface area contributed by atoms with Crippen LogP contribution >= 0.6 is 0 Å². The Bertz CT molecular complexity index is 1350. The summed E-state index contributed by atoms with van der Waals surface area (Å²) in [5, 5.41) is 15.2. The van der Waals surface area contributed by atoms with E-state index in [0.717, 1.165) is 12.8 Å². The maximum Gasteiger partial charge on any atom is 0.267 e. The van der Waals surface area contributed by atoms with E-state index in [4.69, 9.17) is 9.93 Å². The number of amides is 1. The Hall–Kier alpha value is -3.75. The maximum absolute atomic E-state index is 13.1. The predicted molar refractivity (Wildman–Crippen MR) is 107 cm³/mol. The molecule has 148 valence electrons. The number of carbonyl (C=O) groups is 1. The van der Waals surface area contributed by atoms with Crippen LogP contribution < -0.4 is 16.4 Å². The van der Waals surface area contributed by atoms with E-state index in [1.165, 1.54) is 10.5 Å². The summed E-state index contributed by atoms with van der Waals surface area (Å²) in [5.41, 5.74) is 0.667. The minimum absolute atomic E-state index is 0.00384. The predicted octanol–water partition coefficient (Wildman–Crippen LogP) is 2.48. The zero-order valence-electron chi connectivity index (χ0n) is 16.1. The van der Waals surface area contributed by atoms with Crippen LogP contribution in [-0.2, 0) is 6.54 Å². The normalized spacial score (nSPS) is 11.2. The van der Waals surface area contributed by atoms with Crippen molar-refractivity contribution in [3.8, 4) is 0 Å². The van der Waals surface area contributed by atoms with Crippen LogP contribution in [0.5, 0.6) is 0 Å². The highest BCUT2D eigenvalue weighted by Crippen LogP contribution is 2.13. The second-order valence-electron chi connectivity index (χ2n) is 6.77. The van der Waals surface area contributed by atoms with Gasteiger partial charge in [0.1, 0.15) is 22.5 Å². The molecule has 0 fully saturated rings. The second-order valence-corrected chi connectivity index (χ2v) is 6.77. The first kappa shape index (κ1) is 18.6. The van der Waals surface area contributed by atoms with Gasteiger partial charge in [-0.2, -0.15) is 0 Å². The number of hydrogen-bond donors (Lipinski definition) is 2. The van der Waals surface area contributed by atoms with Crippen molar-refractivity contribution in [2.75, 3.05) is 5.32 Å². The van der Waals surface area contributed by atoms with Gasteiger partial charge in [0.2, 0.25) is 0 Å². The molecule has 0 aromatic carbocycles. The van der Waals surface area contributed by atoms with Crippen LogP contribution in [0.25, 0.3) is 16.7 Å². The van der Waals surface area contributed by atoms with E-state index in [9.17, 15) is 9.59 Å². The Morgan fingerprint density at radius 3 is 2.86 bits per heavy atom. The first-order valence-electron chi connectivity index (χ1n) is 9.34. The first-order valence-corrected chi connectivity index (χ1v) is 9.34. The lowest BCUT2D eigenvalue weighted by Gasteiger charge is -2.14. The van der Waals surface area contributed by atoms with Gasteiger partial charge in [0.15, 0.2) is 5.82 Å². The number of carbonyl (C=O) groups excluding carboxylic acids is 1. The minimum atomic E-state index is -0.534. The van der Waals surface area contributed by atoms with Crippen molar-refractivity contribution in [2.24, 2.45) is 0 Å². The van der Waals surface area contributed by atoms with Gasteiger partial charge in [-0.1, -0.05) is 24.6 Å². The Kier molecular flexibility index (Phi) is 4.71. The van der Waals surface area contributed by atoms with E-state index in [1.54, 1.807) is 42.0 Å². The molecule has 0 aliphatic rings. The SMILES string of the molecule is CCCCn1c(=N)c(C(=O)Nc2cc(C)on2)cc2c(=O)n3ccccc3nc21. The summed E-state index contributed by atoms with van der Waals surface area (Å²) in [5.74, 6) is 0.269. The molecule has 1 amide bonds. The third-order valence-corrected chi connectivity index (χ3v) is 4.67. The smallest absolute Gasteiger partial charge is 0.267 e. The van der Waals surface area contributed by atoms with Crippen molar-refractivity contribution in [3.05, 3.63) is 63.7 Å². The molecule has 0 radical (unpaired) electrons. The highest BCUT2D eigenvalue weighted by atomic mass is 16.5. The molecule has 0 unspecified atom stereocenters. The van der Waals surface area contributed by atoms with Gasteiger partial charge in [0.25, 0.3) is 11.5 Å². The van der Waals surface area contributed by atoms with E-state index in [0.29, 0.717) is 23.6 Å². The fourth-order valence-corrected chi connectivity index (χ4v) is 3.20. The average molecular weight is 392 g/mol. The summed E-state index contributed by atoms with van der Waals surface area (Å²) in [7, 11) is 0. The zero-order valence-corrected chi connectivity index (χ0v) is 16.1. The Morgan fingerprint density at radius 2 is 2.14 bits per heavy atom. The minimum Gasteiger partial charge on any atom is -0.360 e. The number of aromatic nitrogens is 4. The van der Waals surface area contributed by atoms with Crippen molar-refractivity contribution in [1.82, 2.24) is 19.1 Å². The fraction of sp³-hybridized carbons (Fsp3) is 0.250. The maximum atomic E-state index is 13.1. The molecule has 2 N–H and O–H groups in total. The number of nitrogens with zero attached hydrogens (tertiary/aromatic N) is 4. The van der Waals surface area contributed by atoms with Gasteiger partial charge in [-0.05, 0) is 31.5 Å². The Balaban J connectivity index is 1.95. The molecule has 0 spiro atoms. The zero-order chi connectivity index (χ0) is 20.5. The number of anilines is 1. The number of rotatable bonds is 5. The van der Waals surface area contributed by atoms with Crippen molar-refractivity contribution >= 4 is 28.4 Å². The number of pyridine rings is 2. The van der Waals surface area contributed by atoms with Crippen molar-refractivity contribution in [1.29, 1.82) is 5.41 Å². The van der Waals surface area contributed by atoms with Crippen LogP contribution in [0, 0.1) is 12.3 Å². The van der Waals surface area contributed by atoms with Crippen LogP contribution in [0.1, 0.15) is 35.9 Å². The lowest BCUT2D eigenvalue weighted by Crippen LogP contribution is -2.32. The number of nitrogens with one attached hydrogen (secondary N) is 2. The summed E-state index contributed by atoms with van der Waals surface area (Å²) in [6.07, 6.45) is 3.32. The van der Waals surface area contributed by atoms with E-state index in [2.05, 4.69) is 15.5 Å². The summed E-state index contributed by atoms with van der Waals surface area (Å²) in [4.78, 5) is 30.5. The molecule has 0 aliphatic heterocycles. The van der Waals surface area contributed by atoms with E-state index >= 15 is 0 Å². The molecule has 4 aromatic rings. The Labute approximate surface area is 165 Å². The van der Waals surface area contributed by atoms with Gasteiger partial charge >= 0.3 is 0 Å². The van der Waals surface area contributed by atoms with Crippen molar-refractivity contribution < 1.29 is 9.32 Å². The number of hydrogen-bond acceptors (Lipinski definition) is 6. The van der Waals surface area contributed by atoms with Gasteiger partial charge < -0.3 is 14.4 Å². The monoisotopic (exact) mass is 392 g/mol. The summed E-state index contributed by atoms with van der Waals surface area (Å²) in [6, 6.07) is 8.29. The lowest BCUT2D eigenvalue weighted by molar-refractivity contribution is 0.102. The van der Waals surface area contributed by atoms with Gasteiger partial charge in [-0.3, -0.25) is 19.4 Å². The largest absolute Gasteiger partial charge is 0.360 e.